The molecule has 0 aliphatic carbocycles. The fraction of sp³-hybridized carbons (Fsp3) is 0.235. The van der Waals surface area contributed by atoms with Crippen molar-refractivity contribution in [1.29, 1.82) is 0 Å². The Balaban J connectivity index is 0.00000312. The number of nitrogens with one attached hydrogen (secondary N) is 2. The van der Waals surface area contributed by atoms with E-state index in [1.54, 1.807) is 24.4 Å². The summed E-state index contributed by atoms with van der Waals surface area (Å²) in [6.45, 7) is 1.79. The number of carbonyl (C=O) groups excluding carboxylic acids is 2. The molecule has 0 fully saturated rings. The van der Waals surface area contributed by atoms with Crippen LogP contribution in [0.2, 0.25) is 0 Å². The third-order valence-electron chi connectivity index (χ3n) is 3.63. The average molecular weight is 400 g/mol. The summed E-state index contributed by atoms with van der Waals surface area (Å²) in [4.78, 5) is 26.7. The Hall–Kier alpha value is -2.19. The summed E-state index contributed by atoms with van der Waals surface area (Å²) in [6.07, 6.45) is 3.30. The number of pyridine rings is 1. The Morgan fingerprint density at radius 3 is 2.35 bits per heavy atom. The molecule has 2 rings (SSSR count). The highest BCUT2D eigenvalue weighted by molar-refractivity contribution is 5.94. The van der Waals surface area contributed by atoms with Gasteiger partial charge in [0.2, 0.25) is 5.91 Å². The lowest BCUT2D eigenvalue weighted by molar-refractivity contribution is -0.114. The summed E-state index contributed by atoms with van der Waals surface area (Å²) in [5.74, 6) is 5.19. The molecule has 1 aromatic heterocycles. The Bertz CT molecular complexity index is 738. The number of carbonyl (C=O) groups is 2. The van der Waals surface area contributed by atoms with Crippen molar-refractivity contribution in [3.05, 3.63) is 58.8 Å². The topological polar surface area (TPSA) is 123 Å². The number of aryl methyl sites for hydroxylation is 2. The van der Waals surface area contributed by atoms with Crippen molar-refractivity contribution in [2.24, 2.45) is 11.6 Å². The predicted octanol–water partition coefficient (Wildman–Crippen LogP) is 1.73. The number of aromatic nitrogens is 1. The van der Waals surface area contributed by atoms with Gasteiger partial charge in [-0.3, -0.25) is 15.0 Å². The summed E-state index contributed by atoms with van der Waals surface area (Å²) >= 11 is 0. The molecule has 0 saturated heterocycles. The molecule has 26 heavy (non-hydrogen) atoms. The minimum Gasteiger partial charge on any atom is -0.326 e. The molecule has 6 N–H and O–H groups in total. The summed E-state index contributed by atoms with van der Waals surface area (Å²) in [5, 5.41) is 2.63. The van der Waals surface area contributed by atoms with E-state index in [9.17, 15) is 9.59 Å². The van der Waals surface area contributed by atoms with Gasteiger partial charge in [-0.2, -0.15) is 0 Å². The van der Waals surface area contributed by atoms with Gasteiger partial charge in [0.25, 0.3) is 5.91 Å². The number of rotatable bonds is 6. The van der Waals surface area contributed by atoms with Crippen LogP contribution in [0.15, 0.2) is 36.5 Å². The predicted molar refractivity (Wildman–Crippen MR) is 106 cm³/mol. The second-order valence-corrected chi connectivity index (χ2v) is 5.39. The van der Waals surface area contributed by atoms with E-state index in [0.717, 1.165) is 29.5 Å². The van der Waals surface area contributed by atoms with E-state index in [-0.39, 0.29) is 36.6 Å². The lowest BCUT2D eigenvalue weighted by Crippen LogP contribution is -2.30. The van der Waals surface area contributed by atoms with Gasteiger partial charge in [0.05, 0.1) is 0 Å². The van der Waals surface area contributed by atoms with Crippen LogP contribution in [0, 0.1) is 0 Å². The van der Waals surface area contributed by atoms with Crippen molar-refractivity contribution in [2.75, 3.05) is 5.32 Å². The van der Waals surface area contributed by atoms with Crippen LogP contribution in [0.5, 0.6) is 0 Å². The molecule has 2 amide bonds. The SMILES string of the molecule is CC(=O)Nc1ccc(CCc2ccc(C(=O)NN)cc2CN)cn1.Cl.Cl. The number of nitrogen functional groups attached to an aromatic ring is 1. The fourth-order valence-electron chi connectivity index (χ4n) is 2.39. The highest BCUT2D eigenvalue weighted by Gasteiger charge is 2.08. The third-order valence-corrected chi connectivity index (χ3v) is 3.63. The maximum absolute atomic E-state index is 11.6. The third kappa shape index (κ3) is 6.61. The van der Waals surface area contributed by atoms with Gasteiger partial charge in [-0.05, 0) is 47.7 Å². The summed E-state index contributed by atoms with van der Waals surface area (Å²) in [5.41, 5.74) is 11.4. The molecular weight excluding hydrogens is 377 g/mol. The van der Waals surface area contributed by atoms with E-state index in [4.69, 9.17) is 11.6 Å². The molecule has 1 aromatic carbocycles. The molecule has 0 saturated carbocycles. The molecule has 0 aliphatic rings. The first kappa shape index (κ1) is 23.8. The van der Waals surface area contributed by atoms with E-state index in [0.29, 0.717) is 17.9 Å². The van der Waals surface area contributed by atoms with E-state index >= 15 is 0 Å². The highest BCUT2D eigenvalue weighted by Crippen LogP contribution is 2.15. The van der Waals surface area contributed by atoms with Crippen LogP contribution in [0.25, 0.3) is 0 Å². The number of benzene rings is 1. The first-order valence-corrected chi connectivity index (χ1v) is 7.59. The zero-order chi connectivity index (χ0) is 17.5. The van der Waals surface area contributed by atoms with Gasteiger partial charge < -0.3 is 11.1 Å². The second-order valence-electron chi connectivity index (χ2n) is 5.39. The van der Waals surface area contributed by atoms with Crippen LogP contribution in [-0.4, -0.2) is 16.8 Å². The summed E-state index contributed by atoms with van der Waals surface area (Å²) in [6, 6.07) is 9.09. The maximum atomic E-state index is 11.6. The molecule has 0 spiro atoms. The monoisotopic (exact) mass is 399 g/mol. The van der Waals surface area contributed by atoms with E-state index in [1.165, 1.54) is 6.92 Å². The van der Waals surface area contributed by atoms with Crippen molar-refractivity contribution in [2.45, 2.75) is 26.3 Å². The number of hydrogen-bond donors (Lipinski definition) is 4. The maximum Gasteiger partial charge on any atom is 0.265 e. The molecule has 1 heterocycles. The van der Waals surface area contributed by atoms with Crippen LogP contribution in [0.4, 0.5) is 5.82 Å². The van der Waals surface area contributed by atoms with Crippen LogP contribution in [0.3, 0.4) is 0 Å². The zero-order valence-corrected chi connectivity index (χ0v) is 16.0. The van der Waals surface area contributed by atoms with E-state index in [2.05, 4.69) is 15.7 Å². The van der Waals surface area contributed by atoms with Gasteiger partial charge in [-0.1, -0.05) is 12.1 Å². The van der Waals surface area contributed by atoms with Crippen molar-refractivity contribution in [3.8, 4) is 0 Å². The van der Waals surface area contributed by atoms with Gasteiger partial charge in [0, 0.05) is 25.2 Å². The Kier molecular flexibility index (Phi) is 10.5. The van der Waals surface area contributed by atoms with E-state index in [1.807, 2.05) is 12.1 Å². The molecule has 0 radical (unpaired) electrons. The van der Waals surface area contributed by atoms with Gasteiger partial charge >= 0.3 is 0 Å². The lowest BCUT2D eigenvalue weighted by atomic mass is 9.98. The number of hydrazine groups is 1. The molecule has 9 heteroatoms. The summed E-state index contributed by atoms with van der Waals surface area (Å²) < 4.78 is 0. The van der Waals surface area contributed by atoms with Crippen molar-refractivity contribution in [3.63, 3.8) is 0 Å². The number of nitrogens with zero attached hydrogens (tertiary/aromatic N) is 1. The fourth-order valence-corrected chi connectivity index (χ4v) is 2.39. The largest absolute Gasteiger partial charge is 0.326 e. The minimum atomic E-state index is -0.339. The van der Waals surface area contributed by atoms with Crippen LogP contribution < -0.4 is 22.3 Å². The number of amides is 2. The normalized spacial score (nSPS) is 9.50. The summed E-state index contributed by atoms with van der Waals surface area (Å²) in [7, 11) is 0. The lowest BCUT2D eigenvalue weighted by Gasteiger charge is -2.10. The van der Waals surface area contributed by atoms with E-state index < -0.39 is 0 Å². The number of halogens is 2. The van der Waals surface area contributed by atoms with Gasteiger partial charge in [0.15, 0.2) is 0 Å². The Morgan fingerprint density at radius 1 is 1.08 bits per heavy atom. The highest BCUT2D eigenvalue weighted by atomic mass is 35.5. The quantitative estimate of drug-likeness (QED) is 0.334. The average Bonchev–Trinajstić information content (AvgIpc) is 2.59. The number of hydrogen-bond acceptors (Lipinski definition) is 5. The standard InChI is InChI=1S/C17H21N5O2.2ClH/c1-11(23)21-16-7-3-12(10-20-16)2-4-13-5-6-14(17(24)22-19)8-15(13)9-18;;/h3,5-8,10H,2,4,9,18-19H2,1H3,(H,22,24)(H,20,21,23);2*1H. The van der Waals surface area contributed by atoms with Crippen molar-refractivity contribution >= 4 is 42.4 Å². The molecule has 0 unspecified atom stereocenters. The van der Waals surface area contributed by atoms with Crippen LogP contribution in [0.1, 0.15) is 34.0 Å². The van der Waals surface area contributed by atoms with Crippen molar-refractivity contribution < 1.29 is 9.59 Å². The van der Waals surface area contributed by atoms with Crippen LogP contribution in [-0.2, 0) is 24.2 Å². The first-order chi connectivity index (χ1) is 11.5. The minimum absolute atomic E-state index is 0. The zero-order valence-electron chi connectivity index (χ0n) is 14.3. The van der Waals surface area contributed by atoms with Gasteiger partial charge in [-0.25, -0.2) is 10.8 Å². The molecule has 2 aromatic rings. The van der Waals surface area contributed by atoms with Gasteiger partial charge in [-0.15, -0.1) is 24.8 Å². The van der Waals surface area contributed by atoms with Gasteiger partial charge in [0.1, 0.15) is 5.82 Å². The number of anilines is 1. The molecule has 142 valence electrons. The van der Waals surface area contributed by atoms with Crippen LogP contribution >= 0.6 is 24.8 Å². The smallest absolute Gasteiger partial charge is 0.265 e. The molecule has 7 nitrogen and oxygen atoms in total. The molecule has 0 atom stereocenters. The molecular formula is C17H23Cl2N5O2. The Labute approximate surface area is 164 Å². The first-order valence-electron chi connectivity index (χ1n) is 7.59. The second kappa shape index (κ2) is 11.4. The number of nitrogens with two attached hydrogens (primary N) is 2. The van der Waals surface area contributed by atoms with Crippen molar-refractivity contribution in [1.82, 2.24) is 10.4 Å². The molecule has 0 aliphatic heterocycles. The Morgan fingerprint density at radius 2 is 1.81 bits per heavy atom. The molecule has 0 bridgehead atoms.